The smallest absolute Gasteiger partial charge is 0.131 e. The number of benzene rings is 1. The Morgan fingerprint density at radius 3 is 2.67 bits per heavy atom. The number of fused-ring (bicyclic) bond motifs is 1. The average Bonchev–Trinajstić information content (AvgIpc) is 2.81. The standard InChI is InChI=1S/C17H25N3O/c1-5-14(18)17-19-15-10-13(11(2)3)6-7-16(15)20(17)9-8-12(4)21/h6-7,10-11,14H,5,8-9,18H2,1-4H3. The van der Waals surface area contributed by atoms with Crippen LogP contribution in [0.3, 0.4) is 0 Å². The van der Waals surface area contributed by atoms with Crippen molar-refractivity contribution in [2.45, 2.75) is 59.0 Å². The lowest BCUT2D eigenvalue weighted by molar-refractivity contribution is -0.117. The Kier molecular flexibility index (Phi) is 4.78. The first-order valence-corrected chi connectivity index (χ1v) is 7.69. The van der Waals surface area contributed by atoms with Crippen molar-refractivity contribution in [1.29, 1.82) is 0 Å². The number of ketones is 1. The van der Waals surface area contributed by atoms with Crippen LogP contribution in [-0.4, -0.2) is 15.3 Å². The number of nitrogens with two attached hydrogens (primary N) is 1. The molecule has 1 aromatic heterocycles. The molecule has 2 rings (SSSR count). The van der Waals surface area contributed by atoms with Gasteiger partial charge < -0.3 is 10.3 Å². The molecule has 1 heterocycles. The molecule has 0 aliphatic heterocycles. The maximum Gasteiger partial charge on any atom is 0.131 e. The highest BCUT2D eigenvalue weighted by molar-refractivity contribution is 5.78. The SMILES string of the molecule is CCC(N)c1nc2cc(C(C)C)ccc2n1CCC(C)=O. The van der Waals surface area contributed by atoms with E-state index in [0.29, 0.717) is 18.9 Å². The highest BCUT2D eigenvalue weighted by Crippen LogP contribution is 2.25. The molecule has 0 bridgehead atoms. The maximum atomic E-state index is 11.3. The summed E-state index contributed by atoms with van der Waals surface area (Å²) in [5.41, 5.74) is 9.51. The zero-order valence-electron chi connectivity index (χ0n) is 13.4. The molecule has 1 atom stereocenters. The van der Waals surface area contributed by atoms with Gasteiger partial charge in [0.05, 0.1) is 17.1 Å². The number of rotatable bonds is 6. The molecule has 0 saturated heterocycles. The Hall–Kier alpha value is -1.68. The number of hydrogen-bond acceptors (Lipinski definition) is 3. The molecule has 0 aliphatic carbocycles. The molecule has 0 amide bonds. The van der Waals surface area contributed by atoms with Gasteiger partial charge >= 0.3 is 0 Å². The predicted octanol–water partition coefficient (Wildman–Crippen LogP) is 3.55. The van der Waals surface area contributed by atoms with E-state index in [0.717, 1.165) is 23.3 Å². The van der Waals surface area contributed by atoms with E-state index in [1.165, 1.54) is 5.56 Å². The number of carbonyl (C=O) groups excluding carboxylic acids is 1. The average molecular weight is 287 g/mol. The second-order valence-corrected chi connectivity index (χ2v) is 5.99. The van der Waals surface area contributed by atoms with Crippen LogP contribution in [-0.2, 0) is 11.3 Å². The molecular weight excluding hydrogens is 262 g/mol. The van der Waals surface area contributed by atoms with E-state index < -0.39 is 0 Å². The second-order valence-electron chi connectivity index (χ2n) is 5.99. The molecule has 21 heavy (non-hydrogen) atoms. The fourth-order valence-electron chi connectivity index (χ4n) is 2.49. The minimum Gasteiger partial charge on any atom is -0.326 e. The van der Waals surface area contributed by atoms with Crippen LogP contribution in [0.5, 0.6) is 0 Å². The first-order valence-electron chi connectivity index (χ1n) is 7.69. The number of imidazole rings is 1. The number of Topliss-reactive ketones (excluding diaryl/α,β-unsaturated/α-hetero) is 1. The molecule has 1 aromatic carbocycles. The molecule has 0 aliphatic rings. The van der Waals surface area contributed by atoms with Crippen LogP contribution < -0.4 is 5.73 Å². The van der Waals surface area contributed by atoms with Crippen LogP contribution in [0, 0.1) is 0 Å². The predicted molar refractivity (Wildman–Crippen MR) is 86.3 cm³/mol. The summed E-state index contributed by atoms with van der Waals surface area (Å²) in [7, 11) is 0. The molecule has 2 N–H and O–H groups in total. The molecule has 0 saturated carbocycles. The first kappa shape index (κ1) is 15.7. The summed E-state index contributed by atoms with van der Waals surface area (Å²) in [6, 6.07) is 6.28. The lowest BCUT2D eigenvalue weighted by Gasteiger charge is -2.12. The number of carbonyl (C=O) groups is 1. The molecule has 1 unspecified atom stereocenters. The van der Waals surface area contributed by atoms with E-state index in [1.807, 2.05) is 0 Å². The summed E-state index contributed by atoms with van der Waals surface area (Å²) < 4.78 is 2.11. The van der Waals surface area contributed by atoms with Crippen molar-refractivity contribution in [3.05, 3.63) is 29.6 Å². The fraction of sp³-hybridized carbons (Fsp3) is 0.529. The monoisotopic (exact) mass is 287 g/mol. The van der Waals surface area contributed by atoms with Gasteiger partial charge in [0.2, 0.25) is 0 Å². The van der Waals surface area contributed by atoms with Gasteiger partial charge in [-0.1, -0.05) is 26.8 Å². The Morgan fingerprint density at radius 2 is 2.10 bits per heavy atom. The summed E-state index contributed by atoms with van der Waals surface area (Å²) in [6.45, 7) is 8.67. The lowest BCUT2D eigenvalue weighted by atomic mass is 10.0. The van der Waals surface area contributed by atoms with Gasteiger partial charge in [-0.05, 0) is 37.0 Å². The van der Waals surface area contributed by atoms with Crippen molar-refractivity contribution in [2.24, 2.45) is 5.73 Å². The van der Waals surface area contributed by atoms with Crippen molar-refractivity contribution in [3.8, 4) is 0 Å². The minimum atomic E-state index is -0.0909. The van der Waals surface area contributed by atoms with E-state index in [-0.39, 0.29) is 11.8 Å². The molecule has 4 heteroatoms. The van der Waals surface area contributed by atoms with Crippen molar-refractivity contribution in [2.75, 3.05) is 0 Å². The molecule has 0 fully saturated rings. The summed E-state index contributed by atoms with van der Waals surface area (Å²) in [5, 5.41) is 0. The summed E-state index contributed by atoms with van der Waals surface area (Å²) in [5.74, 6) is 1.54. The van der Waals surface area contributed by atoms with Gasteiger partial charge in [-0.3, -0.25) is 4.79 Å². The number of nitrogens with zero attached hydrogens (tertiary/aromatic N) is 2. The molecule has 0 radical (unpaired) electrons. The molecule has 4 nitrogen and oxygen atoms in total. The van der Waals surface area contributed by atoms with Crippen LogP contribution in [0.15, 0.2) is 18.2 Å². The van der Waals surface area contributed by atoms with Crippen molar-refractivity contribution >= 4 is 16.8 Å². The zero-order chi connectivity index (χ0) is 15.6. The largest absolute Gasteiger partial charge is 0.326 e. The number of hydrogen-bond donors (Lipinski definition) is 1. The van der Waals surface area contributed by atoms with Crippen LogP contribution >= 0.6 is 0 Å². The summed E-state index contributed by atoms with van der Waals surface area (Å²) in [4.78, 5) is 16.0. The highest BCUT2D eigenvalue weighted by atomic mass is 16.1. The van der Waals surface area contributed by atoms with Crippen LogP contribution in [0.1, 0.15) is 63.9 Å². The third-order valence-corrected chi connectivity index (χ3v) is 3.93. The Bertz CT molecular complexity index is 643. The normalized spacial score (nSPS) is 13.0. The van der Waals surface area contributed by atoms with Gasteiger partial charge in [-0.15, -0.1) is 0 Å². The molecule has 0 spiro atoms. The van der Waals surface area contributed by atoms with Gasteiger partial charge in [0, 0.05) is 13.0 Å². The van der Waals surface area contributed by atoms with Gasteiger partial charge in [0.1, 0.15) is 11.6 Å². The highest BCUT2D eigenvalue weighted by Gasteiger charge is 2.16. The van der Waals surface area contributed by atoms with Gasteiger partial charge in [0.15, 0.2) is 0 Å². The summed E-state index contributed by atoms with van der Waals surface area (Å²) >= 11 is 0. The summed E-state index contributed by atoms with van der Waals surface area (Å²) in [6.07, 6.45) is 1.35. The van der Waals surface area contributed by atoms with Crippen molar-refractivity contribution < 1.29 is 4.79 Å². The van der Waals surface area contributed by atoms with E-state index >= 15 is 0 Å². The maximum absolute atomic E-state index is 11.3. The van der Waals surface area contributed by atoms with Crippen molar-refractivity contribution in [1.82, 2.24) is 9.55 Å². The minimum absolute atomic E-state index is 0.0909. The molecular formula is C17H25N3O. The van der Waals surface area contributed by atoms with Gasteiger partial charge in [-0.2, -0.15) is 0 Å². The third kappa shape index (κ3) is 3.32. The van der Waals surface area contributed by atoms with Crippen LogP contribution in [0.25, 0.3) is 11.0 Å². The van der Waals surface area contributed by atoms with E-state index in [2.05, 4.69) is 43.5 Å². The van der Waals surface area contributed by atoms with Gasteiger partial charge in [0.25, 0.3) is 0 Å². The Morgan fingerprint density at radius 1 is 1.38 bits per heavy atom. The fourth-order valence-corrected chi connectivity index (χ4v) is 2.49. The lowest BCUT2D eigenvalue weighted by Crippen LogP contribution is -2.16. The van der Waals surface area contributed by atoms with Crippen LogP contribution in [0.2, 0.25) is 0 Å². The number of aromatic nitrogens is 2. The molecule has 114 valence electrons. The molecule has 2 aromatic rings. The van der Waals surface area contributed by atoms with Crippen LogP contribution in [0.4, 0.5) is 0 Å². The topological polar surface area (TPSA) is 60.9 Å². The third-order valence-electron chi connectivity index (χ3n) is 3.93. The van der Waals surface area contributed by atoms with Gasteiger partial charge in [-0.25, -0.2) is 4.98 Å². The first-order chi connectivity index (χ1) is 9.93. The van der Waals surface area contributed by atoms with E-state index in [1.54, 1.807) is 6.92 Å². The van der Waals surface area contributed by atoms with E-state index in [9.17, 15) is 4.79 Å². The van der Waals surface area contributed by atoms with Crippen molar-refractivity contribution in [3.63, 3.8) is 0 Å². The zero-order valence-corrected chi connectivity index (χ0v) is 13.4. The Balaban J connectivity index is 2.52. The quantitative estimate of drug-likeness (QED) is 0.883. The number of aryl methyl sites for hydroxylation is 1. The Labute approximate surface area is 126 Å². The van der Waals surface area contributed by atoms with E-state index in [4.69, 9.17) is 10.7 Å². The second kappa shape index (κ2) is 6.39.